The van der Waals surface area contributed by atoms with Gasteiger partial charge in [-0.1, -0.05) is 12.1 Å². The van der Waals surface area contributed by atoms with Crippen LogP contribution in [0.4, 0.5) is 0 Å². The van der Waals surface area contributed by atoms with Gasteiger partial charge in [0.2, 0.25) is 0 Å². The second-order valence-corrected chi connectivity index (χ2v) is 7.35. The summed E-state index contributed by atoms with van der Waals surface area (Å²) in [7, 11) is 3.28. The van der Waals surface area contributed by atoms with Crippen LogP contribution in [0.1, 0.15) is 30.3 Å². The van der Waals surface area contributed by atoms with Crippen LogP contribution in [0.25, 0.3) is 10.9 Å². The summed E-state index contributed by atoms with van der Waals surface area (Å²) < 4.78 is 8.32. The molecule has 1 fully saturated rings. The number of likely N-dealkylation sites (tertiary alicyclic amines) is 1. The number of aromatic nitrogens is 4. The van der Waals surface area contributed by atoms with Gasteiger partial charge in [-0.05, 0) is 37.6 Å². The summed E-state index contributed by atoms with van der Waals surface area (Å²) in [6.45, 7) is 2.24. The number of hydrogen-bond acceptors (Lipinski definition) is 6. The Hall–Kier alpha value is -2.84. The largest absolute Gasteiger partial charge is 0.383 e. The fourth-order valence-electron chi connectivity index (χ4n) is 4.04. The number of aryl methyl sites for hydroxylation is 1. The van der Waals surface area contributed by atoms with Crippen molar-refractivity contribution in [2.75, 3.05) is 20.3 Å². The molecular formula is C21H25N5O3. The first-order valence-corrected chi connectivity index (χ1v) is 9.84. The van der Waals surface area contributed by atoms with Crippen LogP contribution in [0.2, 0.25) is 0 Å². The summed E-state index contributed by atoms with van der Waals surface area (Å²) in [5.41, 5.74) is 1.25. The average molecular weight is 395 g/mol. The quantitative estimate of drug-likeness (QED) is 0.629. The minimum atomic E-state index is -0.0959. The molecule has 1 atom stereocenters. The van der Waals surface area contributed by atoms with Crippen molar-refractivity contribution >= 4 is 10.9 Å². The molecule has 8 heteroatoms. The van der Waals surface area contributed by atoms with Crippen LogP contribution in [0, 0.1) is 0 Å². The molecule has 0 radical (unpaired) electrons. The number of ether oxygens (including phenoxy) is 1. The van der Waals surface area contributed by atoms with Crippen molar-refractivity contribution in [2.45, 2.75) is 32.0 Å². The van der Waals surface area contributed by atoms with Gasteiger partial charge in [-0.25, -0.2) is 9.67 Å². The van der Waals surface area contributed by atoms with Gasteiger partial charge >= 0.3 is 0 Å². The maximum atomic E-state index is 13.2. The number of methoxy groups -OCH3 is 1. The molecule has 0 N–H and O–H groups in total. The molecule has 8 nitrogen and oxygen atoms in total. The fourth-order valence-corrected chi connectivity index (χ4v) is 4.04. The SMILES string of the molecule is COCCn1c(C2CCCN2Cc2ccnn(C)c2=O)nc2ccccc2c1=O. The number of nitrogens with zero attached hydrogens (tertiary/aromatic N) is 5. The molecule has 1 aromatic carbocycles. The van der Waals surface area contributed by atoms with Crippen molar-refractivity contribution in [3.05, 3.63) is 68.6 Å². The van der Waals surface area contributed by atoms with Gasteiger partial charge in [0.25, 0.3) is 11.1 Å². The van der Waals surface area contributed by atoms with Crippen LogP contribution in [-0.2, 0) is 24.9 Å². The minimum absolute atomic E-state index is 0.0259. The number of benzene rings is 1. The van der Waals surface area contributed by atoms with Gasteiger partial charge in [0.15, 0.2) is 0 Å². The van der Waals surface area contributed by atoms with Gasteiger partial charge in [-0.15, -0.1) is 0 Å². The van der Waals surface area contributed by atoms with Gasteiger partial charge in [-0.3, -0.25) is 19.1 Å². The summed E-state index contributed by atoms with van der Waals surface area (Å²) >= 11 is 0. The highest BCUT2D eigenvalue weighted by Gasteiger charge is 2.31. The van der Waals surface area contributed by atoms with E-state index in [-0.39, 0.29) is 17.2 Å². The number of fused-ring (bicyclic) bond motifs is 1. The second kappa shape index (κ2) is 8.26. The normalized spacial score (nSPS) is 17.2. The third-order valence-electron chi connectivity index (χ3n) is 5.53. The molecule has 0 spiro atoms. The minimum Gasteiger partial charge on any atom is -0.383 e. The van der Waals surface area contributed by atoms with E-state index in [2.05, 4.69) is 10.00 Å². The first-order valence-electron chi connectivity index (χ1n) is 9.84. The van der Waals surface area contributed by atoms with Gasteiger partial charge in [0.1, 0.15) is 5.82 Å². The van der Waals surface area contributed by atoms with E-state index in [0.29, 0.717) is 36.2 Å². The average Bonchev–Trinajstić information content (AvgIpc) is 3.18. The lowest BCUT2D eigenvalue weighted by atomic mass is 10.1. The Labute approximate surface area is 168 Å². The molecule has 152 valence electrons. The first kappa shape index (κ1) is 19.5. The number of para-hydroxylation sites is 1. The van der Waals surface area contributed by atoms with Gasteiger partial charge < -0.3 is 4.74 Å². The Bertz CT molecular complexity index is 1140. The Morgan fingerprint density at radius 1 is 1.17 bits per heavy atom. The summed E-state index contributed by atoms with van der Waals surface area (Å²) in [6, 6.07) is 9.17. The highest BCUT2D eigenvalue weighted by molar-refractivity contribution is 5.77. The van der Waals surface area contributed by atoms with E-state index in [0.717, 1.165) is 25.2 Å². The van der Waals surface area contributed by atoms with Crippen molar-refractivity contribution in [3.8, 4) is 0 Å². The van der Waals surface area contributed by atoms with E-state index < -0.39 is 0 Å². The third-order valence-corrected chi connectivity index (χ3v) is 5.53. The number of hydrogen-bond donors (Lipinski definition) is 0. The molecule has 29 heavy (non-hydrogen) atoms. The Morgan fingerprint density at radius 3 is 2.83 bits per heavy atom. The molecule has 1 aliphatic heterocycles. The van der Waals surface area contributed by atoms with E-state index >= 15 is 0 Å². The standard InChI is InChI=1S/C21H25N5O3/c1-24-20(27)15(9-10-22-24)14-25-11-5-8-18(25)19-23-17-7-4-3-6-16(17)21(28)26(19)12-13-29-2/h3-4,6-7,9-10,18H,5,8,11-14H2,1-2H3. The summed E-state index contributed by atoms with van der Waals surface area (Å²) in [5.74, 6) is 0.745. The van der Waals surface area contributed by atoms with Crippen LogP contribution in [0.5, 0.6) is 0 Å². The van der Waals surface area contributed by atoms with E-state index in [9.17, 15) is 9.59 Å². The monoisotopic (exact) mass is 395 g/mol. The molecule has 0 saturated carbocycles. The molecule has 1 unspecified atom stereocenters. The summed E-state index contributed by atoms with van der Waals surface area (Å²) in [6.07, 6.45) is 3.52. The zero-order chi connectivity index (χ0) is 20.4. The van der Waals surface area contributed by atoms with E-state index in [1.165, 1.54) is 4.68 Å². The molecule has 3 aromatic rings. The molecule has 4 rings (SSSR count). The van der Waals surface area contributed by atoms with E-state index in [1.54, 1.807) is 31.0 Å². The molecule has 0 bridgehead atoms. The number of rotatable bonds is 6. The van der Waals surface area contributed by atoms with Crippen LogP contribution in [0.3, 0.4) is 0 Å². The van der Waals surface area contributed by atoms with Gasteiger partial charge in [0.05, 0.1) is 30.1 Å². The highest BCUT2D eigenvalue weighted by atomic mass is 16.5. The zero-order valence-electron chi connectivity index (χ0n) is 16.7. The predicted octanol–water partition coefficient (Wildman–Crippen LogP) is 1.47. The van der Waals surface area contributed by atoms with Gasteiger partial charge in [-0.2, -0.15) is 5.10 Å². The lowest BCUT2D eigenvalue weighted by Crippen LogP contribution is -2.34. The summed E-state index contributed by atoms with van der Waals surface area (Å²) in [5, 5.41) is 4.61. The molecule has 0 amide bonds. The van der Waals surface area contributed by atoms with Crippen LogP contribution < -0.4 is 11.1 Å². The van der Waals surface area contributed by atoms with E-state index in [1.807, 2.05) is 24.3 Å². The van der Waals surface area contributed by atoms with E-state index in [4.69, 9.17) is 9.72 Å². The maximum absolute atomic E-state index is 13.2. The predicted molar refractivity (Wildman–Crippen MR) is 110 cm³/mol. The Morgan fingerprint density at radius 2 is 2.00 bits per heavy atom. The van der Waals surface area contributed by atoms with Crippen LogP contribution in [-0.4, -0.2) is 44.5 Å². The van der Waals surface area contributed by atoms with Crippen molar-refractivity contribution in [3.63, 3.8) is 0 Å². The van der Waals surface area contributed by atoms with Crippen LogP contribution >= 0.6 is 0 Å². The van der Waals surface area contributed by atoms with Crippen molar-refractivity contribution in [1.29, 1.82) is 0 Å². The van der Waals surface area contributed by atoms with Gasteiger partial charge in [0, 0.05) is 32.5 Å². The molecular weight excluding hydrogens is 370 g/mol. The molecule has 0 aliphatic carbocycles. The summed E-state index contributed by atoms with van der Waals surface area (Å²) in [4.78, 5) is 32.7. The Balaban J connectivity index is 1.76. The molecule has 3 heterocycles. The lowest BCUT2D eigenvalue weighted by Gasteiger charge is -2.26. The van der Waals surface area contributed by atoms with Crippen molar-refractivity contribution in [2.24, 2.45) is 7.05 Å². The molecule has 1 aliphatic rings. The maximum Gasteiger partial charge on any atom is 0.270 e. The van der Waals surface area contributed by atoms with Crippen molar-refractivity contribution < 1.29 is 4.74 Å². The molecule has 2 aromatic heterocycles. The lowest BCUT2D eigenvalue weighted by molar-refractivity contribution is 0.178. The van der Waals surface area contributed by atoms with Crippen LogP contribution in [0.15, 0.2) is 46.1 Å². The fraction of sp³-hybridized carbons (Fsp3) is 0.429. The van der Waals surface area contributed by atoms with Crippen molar-refractivity contribution in [1.82, 2.24) is 24.2 Å². The first-order chi connectivity index (χ1) is 14.1. The topological polar surface area (TPSA) is 82.2 Å². The second-order valence-electron chi connectivity index (χ2n) is 7.35. The highest BCUT2D eigenvalue weighted by Crippen LogP contribution is 2.32. The third kappa shape index (κ3) is 3.73. The Kier molecular flexibility index (Phi) is 5.55. The smallest absolute Gasteiger partial charge is 0.270 e. The zero-order valence-corrected chi connectivity index (χ0v) is 16.7. The molecule has 1 saturated heterocycles.